The Balaban J connectivity index is 1.38. The Hall–Kier alpha value is -3.53. The first kappa shape index (κ1) is 27.3. The second kappa shape index (κ2) is 10.6. The smallest absolute Gasteiger partial charge is 0.271 e. The highest BCUT2D eigenvalue weighted by atomic mass is 35.5. The summed E-state index contributed by atoms with van der Waals surface area (Å²) >= 11 is 25.9. The summed E-state index contributed by atoms with van der Waals surface area (Å²) in [5.41, 5.74) is 1.86. The molecule has 0 saturated heterocycles. The fraction of sp³-hybridized carbons (Fsp3) is 0.0667. The van der Waals surface area contributed by atoms with Crippen molar-refractivity contribution in [2.45, 2.75) is 6.04 Å². The van der Waals surface area contributed by atoms with Gasteiger partial charge in [-0.05, 0) is 66.2 Å². The molecule has 6 nitrogen and oxygen atoms in total. The SMILES string of the molecule is O=c1c(=Cc2ccc(-c3ccc(Cl)cc3Cl)o2)sc2n1[C@@H](c1ccc3c(c1)OCO3)C=C(c1cc(F)c(Cl)cc1Cl)N=2. The third-order valence-electron chi connectivity index (χ3n) is 6.77. The Labute approximate surface area is 261 Å². The summed E-state index contributed by atoms with van der Waals surface area (Å²) in [4.78, 5) is 18.9. The summed E-state index contributed by atoms with van der Waals surface area (Å²) in [6.07, 6.45) is 3.40. The Morgan fingerprint density at radius 1 is 0.905 bits per heavy atom. The minimum atomic E-state index is -0.635. The maximum Gasteiger partial charge on any atom is 0.271 e. The van der Waals surface area contributed by atoms with Crippen LogP contribution in [0.1, 0.15) is 22.9 Å². The van der Waals surface area contributed by atoms with E-state index < -0.39 is 11.9 Å². The number of ether oxygens (including phenoxy) is 2. The number of nitrogens with zero attached hydrogens (tertiary/aromatic N) is 2. The number of halogens is 5. The molecule has 0 amide bonds. The van der Waals surface area contributed by atoms with Crippen LogP contribution in [0.2, 0.25) is 20.1 Å². The van der Waals surface area contributed by atoms with Crippen molar-refractivity contribution in [1.82, 2.24) is 4.57 Å². The van der Waals surface area contributed by atoms with Gasteiger partial charge in [-0.15, -0.1) is 0 Å². The summed E-state index contributed by atoms with van der Waals surface area (Å²) in [7, 11) is 0. The van der Waals surface area contributed by atoms with Crippen molar-refractivity contribution in [3.8, 4) is 22.8 Å². The first-order valence-corrected chi connectivity index (χ1v) is 14.7. The molecule has 210 valence electrons. The quantitative estimate of drug-likeness (QED) is 0.185. The molecule has 3 aromatic carbocycles. The standard InChI is InChI=1S/C30H15Cl4FN2O4S/c31-15-2-4-17(19(32)8-15)25-6-3-16(41-25)9-28-29(38)37-24(14-1-5-26-27(7-14)40-13-39-26)12-23(36-30(37)42-28)18-10-22(35)21(34)11-20(18)33/h1-12,24H,13H2/t24-/m1/s1. The summed E-state index contributed by atoms with van der Waals surface area (Å²) in [5.74, 6) is 1.50. The zero-order valence-electron chi connectivity index (χ0n) is 21.0. The Morgan fingerprint density at radius 3 is 2.55 bits per heavy atom. The number of allylic oxidation sites excluding steroid dienone is 1. The van der Waals surface area contributed by atoms with Crippen molar-refractivity contribution < 1.29 is 18.3 Å². The minimum absolute atomic E-state index is 0.102. The second-order valence-electron chi connectivity index (χ2n) is 9.36. The van der Waals surface area contributed by atoms with Crippen molar-refractivity contribution in [2.75, 3.05) is 6.79 Å². The molecule has 1 atom stereocenters. The number of furan rings is 1. The van der Waals surface area contributed by atoms with Crippen molar-refractivity contribution in [1.29, 1.82) is 0 Å². The predicted octanol–water partition coefficient (Wildman–Crippen LogP) is 7.74. The predicted molar refractivity (Wildman–Crippen MR) is 162 cm³/mol. The third kappa shape index (κ3) is 4.83. The lowest BCUT2D eigenvalue weighted by atomic mass is 10.0. The molecule has 4 heterocycles. The summed E-state index contributed by atoms with van der Waals surface area (Å²) in [6.45, 7) is 0.106. The molecule has 2 aromatic heterocycles. The van der Waals surface area contributed by atoms with Crippen LogP contribution in [-0.2, 0) is 0 Å². The van der Waals surface area contributed by atoms with Crippen LogP contribution in [0.3, 0.4) is 0 Å². The van der Waals surface area contributed by atoms with Crippen LogP contribution in [0.25, 0.3) is 23.1 Å². The van der Waals surface area contributed by atoms with Crippen LogP contribution >= 0.6 is 57.7 Å². The molecule has 0 fully saturated rings. The van der Waals surface area contributed by atoms with E-state index in [-0.39, 0.29) is 22.4 Å². The highest BCUT2D eigenvalue weighted by molar-refractivity contribution is 7.07. The van der Waals surface area contributed by atoms with Gasteiger partial charge in [-0.3, -0.25) is 9.36 Å². The molecule has 7 rings (SSSR count). The van der Waals surface area contributed by atoms with Gasteiger partial charge >= 0.3 is 0 Å². The fourth-order valence-corrected chi connectivity index (χ4v) is 6.76. The Bertz CT molecular complexity index is 2140. The van der Waals surface area contributed by atoms with Gasteiger partial charge in [0.15, 0.2) is 16.3 Å². The molecule has 0 bridgehead atoms. The summed E-state index contributed by atoms with van der Waals surface area (Å²) in [5, 5.41) is 1.08. The molecule has 2 aliphatic rings. The van der Waals surface area contributed by atoms with Gasteiger partial charge in [-0.1, -0.05) is 63.8 Å². The van der Waals surface area contributed by atoms with Crippen LogP contribution in [0.15, 0.2) is 80.9 Å². The van der Waals surface area contributed by atoms with Crippen LogP contribution in [0, 0.1) is 5.82 Å². The monoisotopic (exact) mass is 658 g/mol. The van der Waals surface area contributed by atoms with E-state index in [4.69, 9.17) is 65.3 Å². The van der Waals surface area contributed by atoms with Gasteiger partial charge in [0.2, 0.25) is 6.79 Å². The Kier molecular flexibility index (Phi) is 6.91. The lowest BCUT2D eigenvalue weighted by Gasteiger charge is -2.20. The van der Waals surface area contributed by atoms with Crippen molar-refractivity contribution in [3.63, 3.8) is 0 Å². The minimum Gasteiger partial charge on any atom is -0.457 e. The topological polar surface area (TPSA) is 66.0 Å². The molecule has 0 aliphatic carbocycles. The lowest BCUT2D eigenvalue weighted by Crippen LogP contribution is -2.36. The number of fused-ring (bicyclic) bond motifs is 2. The van der Waals surface area contributed by atoms with E-state index in [2.05, 4.69) is 0 Å². The molecule has 0 radical (unpaired) electrons. The zero-order valence-corrected chi connectivity index (χ0v) is 24.9. The van der Waals surface area contributed by atoms with E-state index in [0.717, 1.165) is 5.56 Å². The molecule has 0 N–H and O–H groups in total. The van der Waals surface area contributed by atoms with Crippen LogP contribution in [0.5, 0.6) is 11.5 Å². The van der Waals surface area contributed by atoms with Crippen LogP contribution < -0.4 is 24.4 Å². The van der Waals surface area contributed by atoms with Gasteiger partial charge in [0, 0.05) is 22.2 Å². The number of rotatable bonds is 4. The van der Waals surface area contributed by atoms with E-state index in [1.807, 2.05) is 12.1 Å². The highest BCUT2D eigenvalue weighted by Gasteiger charge is 2.26. The molecule has 5 aromatic rings. The maximum atomic E-state index is 14.5. The maximum absolute atomic E-state index is 14.5. The average Bonchev–Trinajstić information content (AvgIpc) is 3.69. The van der Waals surface area contributed by atoms with Gasteiger partial charge in [0.25, 0.3) is 5.56 Å². The Morgan fingerprint density at radius 2 is 1.71 bits per heavy atom. The van der Waals surface area contributed by atoms with E-state index in [1.165, 1.54) is 23.5 Å². The van der Waals surface area contributed by atoms with E-state index in [9.17, 15) is 9.18 Å². The van der Waals surface area contributed by atoms with Gasteiger partial charge in [0.05, 0.1) is 31.3 Å². The van der Waals surface area contributed by atoms with Gasteiger partial charge < -0.3 is 13.9 Å². The normalized spacial score (nSPS) is 15.9. The largest absolute Gasteiger partial charge is 0.457 e. The lowest BCUT2D eigenvalue weighted by molar-refractivity contribution is 0.174. The zero-order chi connectivity index (χ0) is 29.1. The van der Waals surface area contributed by atoms with Crippen LogP contribution in [-0.4, -0.2) is 11.4 Å². The van der Waals surface area contributed by atoms with Crippen molar-refractivity contribution in [3.05, 3.63) is 129 Å². The number of hydrogen-bond donors (Lipinski definition) is 0. The van der Waals surface area contributed by atoms with E-state index >= 15 is 0 Å². The number of aromatic nitrogens is 1. The first-order valence-electron chi connectivity index (χ1n) is 12.4. The first-order chi connectivity index (χ1) is 20.2. The van der Waals surface area contributed by atoms with Gasteiger partial charge in [-0.25, -0.2) is 9.38 Å². The molecule has 0 saturated carbocycles. The molecular formula is C30H15Cl4FN2O4S. The van der Waals surface area contributed by atoms with E-state index in [0.29, 0.717) is 59.2 Å². The van der Waals surface area contributed by atoms with Gasteiger partial charge in [-0.2, -0.15) is 0 Å². The second-order valence-corrected chi connectivity index (χ2v) is 12.0. The number of hydrogen-bond acceptors (Lipinski definition) is 6. The van der Waals surface area contributed by atoms with E-state index in [1.54, 1.807) is 53.1 Å². The third-order valence-corrected chi connectivity index (χ3v) is 8.90. The van der Waals surface area contributed by atoms with Crippen LogP contribution in [0.4, 0.5) is 4.39 Å². The fourth-order valence-electron chi connectivity index (χ4n) is 4.78. The average molecular weight is 660 g/mol. The summed E-state index contributed by atoms with van der Waals surface area (Å²) < 4.78 is 33.5. The molecule has 42 heavy (non-hydrogen) atoms. The number of benzene rings is 3. The van der Waals surface area contributed by atoms with Crippen molar-refractivity contribution in [2.24, 2.45) is 4.99 Å². The molecule has 12 heteroatoms. The molecule has 0 spiro atoms. The summed E-state index contributed by atoms with van der Waals surface area (Å²) in [6, 6.07) is 16.0. The highest BCUT2D eigenvalue weighted by Crippen LogP contribution is 2.38. The number of thiazole rings is 1. The van der Waals surface area contributed by atoms with Gasteiger partial charge in [0.1, 0.15) is 17.3 Å². The molecule has 0 unspecified atom stereocenters. The van der Waals surface area contributed by atoms with Crippen molar-refractivity contribution >= 4 is 69.5 Å². The molecular weight excluding hydrogens is 645 g/mol. The molecule has 2 aliphatic heterocycles.